The lowest BCUT2D eigenvalue weighted by molar-refractivity contribution is 0.0738. The average Bonchev–Trinajstić information content (AvgIpc) is 2.54. The highest BCUT2D eigenvalue weighted by atomic mass is 79.9. The first-order valence-corrected chi connectivity index (χ1v) is 6.79. The smallest absolute Gasteiger partial charge is 0.271 e. The zero-order valence-electron chi connectivity index (χ0n) is 10.5. The van der Waals surface area contributed by atoms with E-state index in [9.17, 15) is 4.79 Å². The fraction of sp³-hybridized carbons (Fsp3) is 0.667. The van der Waals surface area contributed by atoms with E-state index in [2.05, 4.69) is 21.0 Å². The maximum Gasteiger partial charge on any atom is 0.271 e. The molecule has 4 nitrogen and oxygen atoms in total. The molecule has 5 heteroatoms. The molecular formula is C12H18BrN3O. The molecule has 0 saturated heterocycles. The number of aryl methyl sites for hydroxylation is 2. The van der Waals surface area contributed by atoms with Crippen molar-refractivity contribution in [3.63, 3.8) is 0 Å². The summed E-state index contributed by atoms with van der Waals surface area (Å²) < 4.78 is 1.65. The highest BCUT2D eigenvalue weighted by Gasteiger charge is 2.29. The molecule has 17 heavy (non-hydrogen) atoms. The first-order chi connectivity index (χ1) is 7.97. The minimum atomic E-state index is 0.0612. The van der Waals surface area contributed by atoms with Crippen LogP contribution in [-0.2, 0) is 7.05 Å². The van der Waals surface area contributed by atoms with E-state index in [-0.39, 0.29) is 5.91 Å². The van der Waals surface area contributed by atoms with Crippen LogP contribution < -0.4 is 0 Å². The van der Waals surface area contributed by atoms with E-state index in [0.717, 1.165) is 12.2 Å². The molecule has 0 N–H and O–H groups in total. The molecule has 0 bridgehead atoms. The normalized spacial score (nSPS) is 23.3. The molecule has 94 valence electrons. The van der Waals surface area contributed by atoms with Gasteiger partial charge in [0, 0.05) is 25.5 Å². The number of rotatable bonds is 3. The molecule has 0 unspecified atom stereocenters. The Bertz CT molecular complexity index is 423. The van der Waals surface area contributed by atoms with Crippen molar-refractivity contribution in [2.24, 2.45) is 13.0 Å². The maximum atomic E-state index is 12.2. The highest BCUT2D eigenvalue weighted by molar-refractivity contribution is 9.09. The van der Waals surface area contributed by atoms with Gasteiger partial charge >= 0.3 is 0 Å². The maximum absolute atomic E-state index is 12.2. The molecule has 1 aliphatic carbocycles. The van der Waals surface area contributed by atoms with Crippen LogP contribution in [0.2, 0.25) is 0 Å². The number of amides is 1. The summed E-state index contributed by atoms with van der Waals surface area (Å²) in [6, 6.07) is 1.84. The first-order valence-electron chi connectivity index (χ1n) is 5.87. The van der Waals surface area contributed by atoms with Gasteiger partial charge in [-0.1, -0.05) is 15.9 Å². The van der Waals surface area contributed by atoms with Gasteiger partial charge in [0.1, 0.15) is 5.69 Å². The van der Waals surface area contributed by atoms with E-state index in [1.165, 1.54) is 12.8 Å². The molecule has 2 rings (SSSR count). The number of halogens is 1. The lowest BCUT2D eigenvalue weighted by Crippen LogP contribution is -2.38. The third kappa shape index (κ3) is 2.70. The Morgan fingerprint density at radius 2 is 2.29 bits per heavy atom. The quantitative estimate of drug-likeness (QED) is 0.801. The van der Waals surface area contributed by atoms with Gasteiger partial charge in [0.15, 0.2) is 0 Å². The lowest BCUT2D eigenvalue weighted by Gasteiger charge is -2.34. The Balaban J connectivity index is 1.97. The third-order valence-electron chi connectivity index (χ3n) is 3.28. The fourth-order valence-electron chi connectivity index (χ4n) is 2.28. The van der Waals surface area contributed by atoms with Crippen molar-refractivity contribution in [2.75, 3.05) is 13.6 Å². The van der Waals surface area contributed by atoms with Gasteiger partial charge in [-0.15, -0.1) is 0 Å². The fourth-order valence-corrected chi connectivity index (χ4v) is 3.34. The molecule has 1 heterocycles. The van der Waals surface area contributed by atoms with Crippen molar-refractivity contribution in [1.29, 1.82) is 0 Å². The largest absolute Gasteiger partial charge is 0.340 e. The number of carbonyl (C=O) groups is 1. The van der Waals surface area contributed by atoms with Gasteiger partial charge in [-0.05, 0) is 31.7 Å². The van der Waals surface area contributed by atoms with Gasteiger partial charge in [0.25, 0.3) is 5.91 Å². The predicted molar refractivity (Wildman–Crippen MR) is 70.3 cm³/mol. The molecule has 1 aromatic heterocycles. The molecule has 1 fully saturated rings. The van der Waals surface area contributed by atoms with E-state index < -0.39 is 0 Å². The molecule has 1 aromatic rings. The number of hydrogen-bond donors (Lipinski definition) is 0. The lowest BCUT2D eigenvalue weighted by atomic mass is 9.85. The standard InChI is InChI=1S/C12H18BrN3O/c1-8-4-11(16(3)14-8)12(17)15(2)7-9-5-10(13)6-9/h4,9-10H,5-7H2,1-3H3. The molecule has 0 spiro atoms. The van der Waals surface area contributed by atoms with E-state index in [0.29, 0.717) is 16.4 Å². The minimum Gasteiger partial charge on any atom is -0.340 e. The molecule has 0 aliphatic heterocycles. The van der Waals surface area contributed by atoms with Gasteiger partial charge in [0.2, 0.25) is 0 Å². The van der Waals surface area contributed by atoms with Crippen LogP contribution in [0.1, 0.15) is 29.0 Å². The molecule has 1 amide bonds. The Labute approximate surface area is 110 Å². The minimum absolute atomic E-state index is 0.0612. The summed E-state index contributed by atoms with van der Waals surface area (Å²) in [6.07, 6.45) is 2.34. The Hall–Kier alpha value is -0.840. The molecule has 0 aromatic carbocycles. The van der Waals surface area contributed by atoms with Gasteiger partial charge in [-0.25, -0.2) is 0 Å². The van der Waals surface area contributed by atoms with Crippen LogP contribution in [-0.4, -0.2) is 39.0 Å². The van der Waals surface area contributed by atoms with E-state index in [1.807, 2.05) is 27.1 Å². The molecule has 0 atom stereocenters. The van der Waals surface area contributed by atoms with Gasteiger partial charge in [0.05, 0.1) is 5.69 Å². The van der Waals surface area contributed by atoms with Crippen molar-refractivity contribution in [1.82, 2.24) is 14.7 Å². The predicted octanol–water partition coefficient (Wildman–Crippen LogP) is 1.97. The van der Waals surface area contributed by atoms with Crippen LogP contribution in [0.15, 0.2) is 6.07 Å². The summed E-state index contributed by atoms with van der Waals surface area (Å²) in [5.41, 5.74) is 1.55. The van der Waals surface area contributed by atoms with Crippen molar-refractivity contribution in [2.45, 2.75) is 24.6 Å². The molecular weight excluding hydrogens is 282 g/mol. The number of aromatic nitrogens is 2. The van der Waals surface area contributed by atoms with Crippen molar-refractivity contribution >= 4 is 21.8 Å². The van der Waals surface area contributed by atoms with Gasteiger partial charge in [-0.2, -0.15) is 5.10 Å². The average molecular weight is 300 g/mol. The summed E-state index contributed by atoms with van der Waals surface area (Å²) in [5, 5.41) is 4.20. The monoisotopic (exact) mass is 299 g/mol. The Morgan fingerprint density at radius 3 is 2.76 bits per heavy atom. The summed E-state index contributed by atoms with van der Waals surface area (Å²) in [4.78, 5) is 14.6. The first kappa shape index (κ1) is 12.6. The SMILES string of the molecule is Cc1cc(C(=O)N(C)CC2CC(Br)C2)n(C)n1. The zero-order chi connectivity index (χ0) is 12.6. The van der Waals surface area contributed by atoms with Gasteiger partial charge < -0.3 is 4.90 Å². The number of nitrogens with zero attached hydrogens (tertiary/aromatic N) is 3. The zero-order valence-corrected chi connectivity index (χ0v) is 12.1. The second-order valence-electron chi connectivity index (χ2n) is 4.91. The topological polar surface area (TPSA) is 38.1 Å². The summed E-state index contributed by atoms with van der Waals surface area (Å²) in [7, 11) is 3.68. The van der Waals surface area contributed by atoms with Crippen LogP contribution in [0.25, 0.3) is 0 Å². The van der Waals surface area contributed by atoms with Crippen LogP contribution in [0.4, 0.5) is 0 Å². The summed E-state index contributed by atoms with van der Waals surface area (Å²) in [5.74, 6) is 0.703. The Kier molecular flexibility index (Phi) is 3.56. The van der Waals surface area contributed by atoms with Crippen LogP contribution >= 0.6 is 15.9 Å². The molecule has 1 aliphatic rings. The highest BCUT2D eigenvalue weighted by Crippen LogP contribution is 2.33. The van der Waals surface area contributed by atoms with E-state index in [4.69, 9.17) is 0 Å². The van der Waals surface area contributed by atoms with Crippen molar-refractivity contribution < 1.29 is 4.79 Å². The second kappa shape index (κ2) is 4.80. The summed E-state index contributed by atoms with van der Waals surface area (Å²) in [6.45, 7) is 2.74. The van der Waals surface area contributed by atoms with Crippen molar-refractivity contribution in [3.8, 4) is 0 Å². The van der Waals surface area contributed by atoms with Gasteiger partial charge in [-0.3, -0.25) is 9.48 Å². The van der Waals surface area contributed by atoms with E-state index in [1.54, 1.807) is 9.58 Å². The molecule has 1 saturated carbocycles. The number of carbonyl (C=O) groups excluding carboxylic acids is 1. The number of alkyl halides is 1. The van der Waals surface area contributed by atoms with Crippen LogP contribution in [0.5, 0.6) is 0 Å². The van der Waals surface area contributed by atoms with Crippen LogP contribution in [0, 0.1) is 12.8 Å². The Morgan fingerprint density at radius 1 is 1.65 bits per heavy atom. The second-order valence-corrected chi connectivity index (χ2v) is 6.21. The number of hydrogen-bond acceptors (Lipinski definition) is 2. The van der Waals surface area contributed by atoms with Crippen LogP contribution in [0.3, 0.4) is 0 Å². The summed E-state index contributed by atoms with van der Waals surface area (Å²) >= 11 is 3.57. The van der Waals surface area contributed by atoms with Crippen molar-refractivity contribution in [3.05, 3.63) is 17.5 Å². The van der Waals surface area contributed by atoms with E-state index >= 15 is 0 Å². The third-order valence-corrected chi connectivity index (χ3v) is 4.03. The molecule has 0 radical (unpaired) electrons.